The maximum absolute atomic E-state index is 13.2. The van der Waals surface area contributed by atoms with Gasteiger partial charge in [0.2, 0.25) is 0 Å². The van der Waals surface area contributed by atoms with Gasteiger partial charge < -0.3 is 10.8 Å². The Morgan fingerprint density at radius 1 is 1.62 bits per heavy atom. The number of phenols is 1. The molecule has 1 aromatic rings. The van der Waals surface area contributed by atoms with Gasteiger partial charge in [-0.2, -0.15) is 0 Å². The van der Waals surface area contributed by atoms with Crippen molar-refractivity contribution in [3.05, 3.63) is 29.1 Å². The van der Waals surface area contributed by atoms with Crippen molar-refractivity contribution in [3.63, 3.8) is 0 Å². The van der Waals surface area contributed by atoms with Crippen molar-refractivity contribution in [2.24, 2.45) is 5.73 Å². The Morgan fingerprint density at radius 3 is 2.77 bits per heavy atom. The maximum atomic E-state index is 13.2. The van der Waals surface area contributed by atoms with Crippen LogP contribution < -0.4 is 5.73 Å². The first kappa shape index (κ1) is 9.67. The smallest absolute Gasteiger partial charge is 0.179 e. The first-order valence-corrected chi connectivity index (χ1v) is 3.78. The molecule has 0 aromatic heterocycles. The molecule has 3 N–H and O–H groups in total. The van der Waals surface area contributed by atoms with E-state index < -0.39 is 11.6 Å². The predicted molar refractivity (Wildman–Crippen MR) is 46.2 cm³/mol. The molecule has 13 heavy (non-hydrogen) atoms. The molecule has 0 aliphatic carbocycles. The average Bonchev–Trinajstić information content (AvgIpc) is 2.10. The second-order valence-electron chi connectivity index (χ2n) is 2.75. The molecule has 1 rings (SSSR count). The highest BCUT2D eigenvalue weighted by Gasteiger charge is 2.13. The van der Waals surface area contributed by atoms with Gasteiger partial charge in [-0.05, 0) is 24.6 Å². The number of nitrogens with two attached hydrogens (primary N) is 1. The highest BCUT2D eigenvalue weighted by Crippen LogP contribution is 2.19. The average molecular weight is 183 g/mol. The monoisotopic (exact) mass is 183 g/mol. The number of aromatic hydroxyl groups is 1. The number of halogens is 1. The molecule has 0 saturated carbocycles. The SMILES string of the molecule is Cc1cc(O)cc(C(=O)CN)c1F. The minimum Gasteiger partial charge on any atom is -0.508 e. The van der Waals surface area contributed by atoms with E-state index in [4.69, 9.17) is 10.8 Å². The van der Waals surface area contributed by atoms with Crippen LogP contribution in [0, 0.1) is 12.7 Å². The Hall–Kier alpha value is -1.42. The van der Waals surface area contributed by atoms with Crippen LogP contribution in [0.1, 0.15) is 15.9 Å². The zero-order chi connectivity index (χ0) is 10.0. The van der Waals surface area contributed by atoms with E-state index >= 15 is 0 Å². The lowest BCUT2D eigenvalue weighted by atomic mass is 10.1. The molecule has 0 atom stereocenters. The maximum Gasteiger partial charge on any atom is 0.179 e. The molecule has 0 radical (unpaired) electrons. The fourth-order valence-electron chi connectivity index (χ4n) is 1.06. The zero-order valence-electron chi connectivity index (χ0n) is 7.17. The van der Waals surface area contributed by atoms with Crippen LogP contribution in [-0.4, -0.2) is 17.4 Å². The number of rotatable bonds is 2. The molecular formula is C9H10FNO2. The highest BCUT2D eigenvalue weighted by atomic mass is 19.1. The van der Waals surface area contributed by atoms with Crippen LogP contribution in [0.2, 0.25) is 0 Å². The van der Waals surface area contributed by atoms with Gasteiger partial charge in [0.1, 0.15) is 11.6 Å². The molecule has 4 heteroatoms. The van der Waals surface area contributed by atoms with Crippen molar-refractivity contribution in [1.29, 1.82) is 0 Å². The Bertz CT molecular complexity index is 350. The molecular weight excluding hydrogens is 173 g/mol. The van der Waals surface area contributed by atoms with Crippen LogP contribution in [0.3, 0.4) is 0 Å². The number of phenolic OH excluding ortho intramolecular Hbond substituents is 1. The van der Waals surface area contributed by atoms with E-state index in [0.29, 0.717) is 0 Å². The molecule has 0 saturated heterocycles. The zero-order valence-corrected chi connectivity index (χ0v) is 7.17. The van der Waals surface area contributed by atoms with Gasteiger partial charge in [0.25, 0.3) is 0 Å². The van der Waals surface area contributed by atoms with Gasteiger partial charge in [-0.15, -0.1) is 0 Å². The van der Waals surface area contributed by atoms with Crippen molar-refractivity contribution in [2.75, 3.05) is 6.54 Å². The first-order chi connectivity index (χ1) is 6.06. The summed E-state index contributed by atoms with van der Waals surface area (Å²) in [6.45, 7) is 1.21. The van der Waals surface area contributed by atoms with Crippen LogP contribution in [0.15, 0.2) is 12.1 Å². The molecule has 70 valence electrons. The largest absolute Gasteiger partial charge is 0.508 e. The number of hydrogen-bond donors (Lipinski definition) is 2. The standard InChI is InChI=1S/C9H10FNO2/c1-5-2-6(12)3-7(9(5)10)8(13)4-11/h2-3,12H,4,11H2,1H3. The molecule has 0 aliphatic rings. The first-order valence-electron chi connectivity index (χ1n) is 3.78. The van der Waals surface area contributed by atoms with Crippen LogP contribution >= 0.6 is 0 Å². The third kappa shape index (κ3) is 1.84. The number of carbonyl (C=O) groups is 1. The van der Waals surface area contributed by atoms with Crippen molar-refractivity contribution < 1.29 is 14.3 Å². The lowest BCUT2D eigenvalue weighted by Crippen LogP contribution is -2.15. The fourth-order valence-corrected chi connectivity index (χ4v) is 1.06. The Balaban J connectivity index is 3.28. The molecule has 0 fully saturated rings. The second kappa shape index (κ2) is 3.53. The van der Waals surface area contributed by atoms with Gasteiger partial charge in [0, 0.05) is 0 Å². The topological polar surface area (TPSA) is 63.3 Å². The number of Topliss-reactive ketones (excluding diaryl/α,β-unsaturated/α-hetero) is 1. The van der Waals surface area contributed by atoms with E-state index in [2.05, 4.69) is 0 Å². The Labute approximate surface area is 75.0 Å². The van der Waals surface area contributed by atoms with Crippen LogP contribution in [0.25, 0.3) is 0 Å². The van der Waals surface area contributed by atoms with E-state index in [1.807, 2.05) is 0 Å². The number of benzene rings is 1. The summed E-state index contributed by atoms with van der Waals surface area (Å²) < 4.78 is 13.2. The molecule has 0 unspecified atom stereocenters. The van der Waals surface area contributed by atoms with Gasteiger partial charge >= 0.3 is 0 Å². The van der Waals surface area contributed by atoms with Crippen molar-refractivity contribution in [3.8, 4) is 5.75 Å². The number of ketones is 1. The molecule has 0 aliphatic heterocycles. The summed E-state index contributed by atoms with van der Waals surface area (Å²) >= 11 is 0. The van der Waals surface area contributed by atoms with Crippen molar-refractivity contribution >= 4 is 5.78 Å². The van der Waals surface area contributed by atoms with Gasteiger partial charge in [-0.25, -0.2) is 4.39 Å². The molecule has 0 heterocycles. The Kier molecular flexibility index (Phi) is 2.63. The minimum atomic E-state index is -0.617. The van der Waals surface area contributed by atoms with E-state index in [-0.39, 0.29) is 23.4 Å². The molecule has 3 nitrogen and oxygen atoms in total. The van der Waals surface area contributed by atoms with Gasteiger partial charge in [0.05, 0.1) is 12.1 Å². The summed E-state index contributed by atoms with van der Waals surface area (Å²) in [6.07, 6.45) is 0. The van der Waals surface area contributed by atoms with Gasteiger partial charge in [-0.1, -0.05) is 0 Å². The summed E-state index contributed by atoms with van der Waals surface area (Å²) in [4.78, 5) is 11.1. The van der Waals surface area contributed by atoms with Crippen molar-refractivity contribution in [2.45, 2.75) is 6.92 Å². The third-order valence-electron chi connectivity index (χ3n) is 1.73. The number of hydrogen-bond acceptors (Lipinski definition) is 3. The summed E-state index contributed by atoms with van der Waals surface area (Å²) in [5, 5.41) is 9.10. The number of aryl methyl sites for hydroxylation is 1. The molecule has 0 bridgehead atoms. The van der Waals surface area contributed by atoms with E-state index in [0.717, 1.165) is 6.07 Å². The van der Waals surface area contributed by atoms with E-state index in [1.165, 1.54) is 13.0 Å². The van der Waals surface area contributed by atoms with E-state index in [1.54, 1.807) is 0 Å². The van der Waals surface area contributed by atoms with Crippen LogP contribution in [0.5, 0.6) is 5.75 Å². The quantitative estimate of drug-likeness (QED) is 0.672. The predicted octanol–water partition coefficient (Wildman–Crippen LogP) is 0.981. The second-order valence-corrected chi connectivity index (χ2v) is 2.75. The molecule has 0 amide bonds. The lowest BCUT2D eigenvalue weighted by molar-refractivity contribution is 0.0997. The summed E-state index contributed by atoms with van der Waals surface area (Å²) in [5.41, 5.74) is 5.16. The van der Waals surface area contributed by atoms with Crippen LogP contribution in [0.4, 0.5) is 4.39 Å². The van der Waals surface area contributed by atoms with Gasteiger partial charge in [0.15, 0.2) is 5.78 Å². The lowest BCUT2D eigenvalue weighted by Gasteiger charge is -2.04. The summed E-state index contributed by atoms with van der Waals surface area (Å²) in [7, 11) is 0. The highest BCUT2D eigenvalue weighted by molar-refractivity contribution is 5.98. The summed E-state index contributed by atoms with van der Waals surface area (Å²) in [5.74, 6) is -1.26. The fraction of sp³-hybridized carbons (Fsp3) is 0.222. The van der Waals surface area contributed by atoms with Crippen LogP contribution in [-0.2, 0) is 0 Å². The number of carbonyl (C=O) groups excluding carboxylic acids is 1. The minimum absolute atomic E-state index is 0.129. The van der Waals surface area contributed by atoms with E-state index in [9.17, 15) is 9.18 Å². The van der Waals surface area contributed by atoms with Crippen molar-refractivity contribution in [1.82, 2.24) is 0 Å². The Morgan fingerprint density at radius 2 is 2.23 bits per heavy atom. The van der Waals surface area contributed by atoms with Gasteiger partial charge in [-0.3, -0.25) is 4.79 Å². The third-order valence-corrected chi connectivity index (χ3v) is 1.73. The molecule has 1 aromatic carbocycles. The normalized spacial score (nSPS) is 10.1. The summed E-state index contributed by atoms with van der Waals surface area (Å²) in [6, 6.07) is 2.33. The molecule has 0 spiro atoms.